The molecule has 134 valence electrons. The fourth-order valence-corrected chi connectivity index (χ4v) is 4.44. The van der Waals surface area contributed by atoms with Gasteiger partial charge >= 0.3 is 0 Å². The van der Waals surface area contributed by atoms with Crippen LogP contribution < -0.4 is 0 Å². The van der Waals surface area contributed by atoms with E-state index in [0.29, 0.717) is 0 Å². The lowest BCUT2D eigenvalue weighted by Crippen LogP contribution is -1.93. The Kier molecular flexibility index (Phi) is 3.05. The fraction of sp³-hybridized carbons (Fsp3) is 0.0769. The Balaban J connectivity index is 1.94. The van der Waals surface area contributed by atoms with Gasteiger partial charge < -0.3 is 8.98 Å². The van der Waals surface area contributed by atoms with E-state index in [2.05, 4.69) is 97.3 Å². The standard InChI is InChI=1S/C26H19NO/c1-16-8-11-22-20(14-16)19-10-13-24-25(21-15-17(2)9-12-23(21)28-24)26(19)27(22)18-6-4-3-5-7-18/h3-15H,1-2H3. The lowest BCUT2D eigenvalue weighted by Gasteiger charge is -2.08. The SMILES string of the molecule is Cc1ccc2oc3ccc4c5cc(C)ccc5n(-c5ccccc5)c4c3c2c1. The van der Waals surface area contributed by atoms with Crippen molar-refractivity contribution in [2.45, 2.75) is 13.8 Å². The molecule has 0 saturated carbocycles. The zero-order valence-corrected chi connectivity index (χ0v) is 15.9. The van der Waals surface area contributed by atoms with Crippen molar-refractivity contribution in [3.63, 3.8) is 0 Å². The van der Waals surface area contributed by atoms with Crippen molar-refractivity contribution in [2.75, 3.05) is 0 Å². The molecular weight excluding hydrogens is 342 g/mol. The predicted octanol–water partition coefficient (Wildman–Crippen LogP) is 7.30. The number of hydrogen-bond acceptors (Lipinski definition) is 1. The van der Waals surface area contributed by atoms with Crippen molar-refractivity contribution in [3.05, 3.63) is 90.0 Å². The zero-order valence-electron chi connectivity index (χ0n) is 15.9. The fourth-order valence-electron chi connectivity index (χ4n) is 4.44. The van der Waals surface area contributed by atoms with Crippen LogP contribution >= 0.6 is 0 Å². The summed E-state index contributed by atoms with van der Waals surface area (Å²) >= 11 is 0. The van der Waals surface area contributed by atoms with Gasteiger partial charge in [0.15, 0.2) is 0 Å². The summed E-state index contributed by atoms with van der Waals surface area (Å²) in [6, 6.07) is 28.1. The number of fused-ring (bicyclic) bond motifs is 7. The molecule has 2 heteroatoms. The van der Waals surface area contributed by atoms with E-state index in [1.54, 1.807) is 0 Å². The van der Waals surface area contributed by atoms with Crippen LogP contribution in [0.1, 0.15) is 11.1 Å². The van der Waals surface area contributed by atoms with E-state index in [0.717, 1.165) is 11.2 Å². The van der Waals surface area contributed by atoms with Gasteiger partial charge in [-0.2, -0.15) is 0 Å². The smallest absolute Gasteiger partial charge is 0.137 e. The van der Waals surface area contributed by atoms with E-state index < -0.39 is 0 Å². The molecule has 6 rings (SSSR count). The molecule has 2 heterocycles. The summed E-state index contributed by atoms with van der Waals surface area (Å²) in [6.45, 7) is 4.29. The maximum Gasteiger partial charge on any atom is 0.137 e. The lowest BCUT2D eigenvalue weighted by atomic mass is 10.1. The first-order valence-electron chi connectivity index (χ1n) is 9.63. The highest BCUT2D eigenvalue weighted by molar-refractivity contribution is 6.24. The largest absolute Gasteiger partial charge is 0.456 e. The van der Waals surface area contributed by atoms with Crippen LogP contribution in [-0.4, -0.2) is 4.57 Å². The Morgan fingerprint density at radius 3 is 2.18 bits per heavy atom. The van der Waals surface area contributed by atoms with Crippen LogP contribution in [0.2, 0.25) is 0 Å². The van der Waals surface area contributed by atoms with Crippen molar-refractivity contribution in [3.8, 4) is 5.69 Å². The summed E-state index contributed by atoms with van der Waals surface area (Å²) in [7, 11) is 0. The van der Waals surface area contributed by atoms with Gasteiger partial charge in [-0.3, -0.25) is 0 Å². The van der Waals surface area contributed by atoms with Crippen LogP contribution in [0.5, 0.6) is 0 Å². The molecule has 0 aliphatic rings. The quantitative estimate of drug-likeness (QED) is 0.300. The Hall–Kier alpha value is -3.52. The van der Waals surface area contributed by atoms with Crippen molar-refractivity contribution in [1.29, 1.82) is 0 Å². The van der Waals surface area contributed by atoms with Gasteiger partial charge in [0, 0.05) is 21.8 Å². The molecule has 4 aromatic carbocycles. The summed E-state index contributed by atoms with van der Waals surface area (Å²) in [4.78, 5) is 0. The predicted molar refractivity (Wildman–Crippen MR) is 118 cm³/mol. The molecule has 0 spiro atoms. The minimum atomic E-state index is 0.935. The number of rotatable bonds is 1. The molecule has 0 saturated heterocycles. The van der Waals surface area contributed by atoms with Gasteiger partial charge in [-0.15, -0.1) is 0 Å². The van der Waals surface area contributed by atoms with E-state index in [9.17, 15) is 0 Å². The zero-order chi connectivity index (χ0) is 18.8. The molecule has 28 heavy (non-hydrogen) atoms. The molecule has 0 unspecified atom stereocenters. The highest BCUT2D eigenvalue weighted by Crippen LogP contribution is 2.41. The van der Waals surface area contributed by atoms with Gasteiger partial charge in [0.2, 0.25) is 0 Å². The average molecular weight is 361 g/mol. The van der Waals surface area contributed by atoms with E-state index in [-0.39, 0.29) is 0 Å². The molecule has 0 atom stereocenters. The third-order valence-corrected chi connectivity index (χ3v) is 5.69. The Bertz CT molecular complexity index is 1520. The summed E-state index contributed by atoms with van der Waals surface area (Å²) < 4.78 is 8.59. The molecule has 2 nitrogen and oxygen atoms in total. The Labute approximate surface area is 162 Å². The first-order chi connectivity index (χ1) is 13.7. The normalized spacial score (nSPS) is 11.9. The van der Waals surface area contributed by atoms with Crippen molar-refractivity contribution in [1.82, 2.24) is 4.57 Å². The Morgan fingerprint density at radius 1 is 0.643 bits per heavy atom. The molecule has 0 aliphatic carbocycles. The molecular formula is C26H19NO. The van der Waals surface area contributed by atoms with Gasteiger partial charge in [0.1, 0.15) is 11.2 Å². The van der Waals surface area contributed by atoms with E-state index in [1.807, 2.05) is 0 Å². The summed E-state index contributed by atoms with van der Waals surface area (Å²) in [5, 5.41) is 4.91. The van der Waals surface area contributed by atoms with Gasteiger partial charge in [0.05, 0.1) is 16.4 Å². The van der Waals surface area contributed by atoms with Gasteiger partial charge in [0.25, 0.3) is 0 Å². The maximum atomic E-state index is 6.21. The highest BCUT2D eigenvalue weighted by atomic mass is 16.3. The average Bonchev–Trinajstić information content (AvgIpc) is 3.23. The first kappa shape index (κ1) is 15.5. The van der Waals surface area contributed by atoms with E-state index in [1.165, 1.54) is 49.4 Å². The number of nitrogens with zero attached hydrogens (tertiary/aromatic N) is 1. The monoisotopic (exact) mass is 361 g/mol. The lowest BCUT2D eigenvalue weighted by molar-refractivity contribution is 0.669. The number of aryl methyl sites for hydroxylation is 2. The molecule has 0 fully saturated rings. The minimum absolute atomic E-state index is 0.935. The van der Waals surface area contributed by atoms with Gasteiger partial charge in [-0.25, -0.2) is 0 Å². The molecule has 0 aliphatic heterocycles. The number of aromatic nitrogens is 1. The second kappa shape index (κ2) is 5.49. The number of benzene rings is 4. The second-order valence-electron chi connectivity index (χ2n) is 7.63. The molecule has 0 N–H and O–H groups in total. The van der Waals surface area contributed by atoms with Crippen molar-refractivity contribution >= 4 is 43.7 Å². The van der Waals surface area contributed by atoms with Crippen LogP contribution in [0.4, 0.5) is 0 Å². The van der Waals surface area contributed by atoms with Crippen LogP contribution in [0.25, 0.3) is 49.4 Å². The van der Waals surface area contributed by atoms with Crippen LogP contribution in [0, 0.1) is 13.8 Å². The summed E-state index contributed by atoms with van der Waals surface area (Å²) in [5.41, 5.74) is 7.99. The van der Waals surface area contributed by atoms with Crippen LogP contribution in [0.15, 0.2) is 83.3 Å². The van der Waals surface area contributed by atoms with Crippen LogP contribution in [0.3, 0.4) is 0 Å². The molecule has 2 aromatic heterocycles. The van der Waals surface area contributed by atoms with Crippen molar-refractivity contribution in [2.24, 2.45) is 0 Å². The second-order valence-corrected chi connectivity index (χ2v) is 7.63. The van der Waals surface area contributed by atoms with Gasteiger partial charge in [-0.1, -0.05) is 41.5 Å². The Morgan fingerprint density at radius 2 is 1.36 bits per heavy atom. The minimum Gasteiger partial charge on any atom is -0.456 e. The third kappa shape index (κ3) is 2.03. The number of furan rings is 1. The van der Waals surface area contributed by atoms with Crippen LogP contribution in [-0.2, 0) is 0 Å². The molecule has 0 radical (unpaired) electrons. The topological polar surface area (TPSA) is 18.1 Å². The maximum absolute atomic E-state index is 6.21. The summed E-state index contributed by atoms with van der Waals surface area (Å²) in [6.07, 6.45) is 0. The third-order valence-electron chi connectivity index (χ3n) is 5.69. The molecule has 6 aromatic rings. The first-order valence-corrected chi connectivity index (χ1v) is 9.63. The van der Waals surface area contributed by atoms with Gasteiger partial charge in [-0.05, 0) is 62.4 Å². The van der Waals surface area contributed by atoms with E-state index in [4.69, 9.17) is 4.42 Å². The van der Waals surface area contributed by atoms with Crippen molar-refractivity contribution < 1.29 is 4.42 Å². The molecule has 0 amide bonds. The number of hydrogen-bond donors (Lipinski definition) is 0. The summed E-state index contributed by atoms with van der Waals surface area (Å²) in [5.74, 6) is 0. The van der Waals surface area contributed by atoms with E-state index >= 15 is 0 Å². The number of para-hydroxylation sites is 1. The molecule has 0 bridgehead atoms. The highest BCUT2D eigenvalue weighted by Gasteiger charge is 2.18.